The van der Waals surface area contributed by atoms with Crippen molar-refractivity contribution < 1.29 is 4.79 Å². The van der Waals surface area contributed by atoms with Crippen LogP contribution >= 0.6 is 24.0 Å². The average Bonchev–Trinajstić information content (AvgIpc) is 3.52. The van der Waals surface area contributed by atoms with Crippen LogP contribution in [0.3, 0.4) is 0 Å². The molecule has 0 saturated carbocycles. The molecule has 1 atom stereocenters. The highest BCUT2D eigenvalue weighted by atomic mass is 127. The third-order valence-corrected chi connectivity index (χ3v) is 6.28. The van der Waals surface area contributed by atoms with Crippen LogP contribution in [0.2, 0.25) is 0 Å². The Hall–Kier alpha value is -2.14. The third-order valence-electron chi connectivity index (χ3n) is 6.28. The van der Waals surface area contributed by atoms with Gasteiger partial charge < -0.3 is 20.1 Å². The number of carbonyl (C=O) groups is 1. The summed E-state index contributed by atoms with van der Waals surface area (Å²) >= 11 is 0. The molecule has 9 heteroatoms. The summed E-state index contributed by atoms with van der Waals surface area (Å²) in [4.78, 5) is 31.6. The molecule has 0 bridgehead atoms. The van der Waals surface area contributed by atoms with Gasteiger partial charge in [0.1, 0.15) is 5.82 Å². The zero-order valence-corrected chi connectivity index (χ0v) is 21.3. The first-order valence-electron chi connectivity index (χ1n) is 11.2. The molecule has 2 N–H and O–H groups in total. The van der Waals surface area contributed by atoms with E-state index in [-0.39, 0.29) is 35.9 Å². The molecule has 1 unspecified atom stereocenters. The standard InChI is InChI=1S/C23H33N7O.HI/c1-18(22(31)29-10-6-7-11-29)28-12-14-30(15-13-28)23(24-2)26-17-21-25-16-20(27-21)19-8-4-3-5-9-19;/h3-5,8-9,16,18H,6-7,10-15,17H2,1-2H3,(H,24,26)(H,25,27);1H. The van der Waals surface area contributed by atoms with E-state index in [0.717, 1.165) is 75.2 Å². The summed E-state index contributed by atoms with van der Waals surface area (Å²) < 4.78 is 0. The predicted molar refractivity (Wildman–Crippen MR) is 138 cm³/mol. The van der Waals surface area contributed by atoms with E-state index in [9.17, 15) is 4.79 Å². The Balaban J connectivity index is 0.00000289. The second-order valence-corrected chi connectivity index (χ2v) is 8.24. The number of rotatable bonds is 5. The maximum absolute atomic E-state index is 12.7. The van der Waals surface area contributed by atoms with E-state index in [2.05, 4.69) is 42.2 Å². The molecule has 1 amide bonds. The topological polar surface area (TPSA) is 79.9 Å². The fourth-order valence-electron chi connectivity index (χ4n) is 4.39. The lowest BCUT2D eigenvalue weighted by Gasteiger charge is -2.39. The van der Waals surface area contributed by atoms with Crippen molar-refractivity contribution >= 4 is 35.8 Å². The highest BCUT2D eigenvalue weighted by molar-refractivity contribution is 14.0. The fraction of sp³-hybridized carbons (Fsp3) is 0.522. The summed E-state index contributed by atoms with van der Waals surface area (Å²) in [6, 6.07) is 10.1. The van der Waals surface area contributed by atoms with Crippen LogP contribution in [0.5, 0.6) is 0 Å². The van der Waals surface area contributed by atoms with Gasteiger partial charge in [-0.2, -0.15) is 0 Å². The molecule has 2 saturated heterocycles. The quantitative estimate of drug-likeness (QED) is 0.339. The Labute approximate surface area is 207 Å². The van der Waals surface area contributed by atoms with E-state index in [0.29, 0.717) is 6.54 Å². The number of guanidine groups is 1. The Kier molecular flexibility index (Phi) is 8.92. The second-order valence-electron chi connectivity index (χ2n) is 8.24. The lowest BCUT2D eigenvalue weighted by Crippen LogP contribution is -2.57. The minimum atomic E-state index is -0.0465. The molecule has 8 nitrogen and oxygen atoms in total. The van der Waals surface area contributed by atoms with Crippen LogP contribution in [0.4, 0.5) is 0 Å². The van der Waals surface area contributed by atoms with Crippen molar-refractivity contribution in [2.45, 2.75) is 32.4 Å². The first kappa shape index (κ1) is 24.5. The van der Waals surface area contributed by atoms with Crippen LogP contribution in [0.15, 0.2) is 41.5 Å². The number of imidazole rings is 1. The Bertz CT molecular complexity index is 887. The first-order chi connectivity index (χ1) is 15.2. The minimum absolute atomic E-state index is 0. The second kappa shape index (κ2) is 11.6. The zero-order chi connectivity index (χ0) is 21.6. The summed E-state index contributed by atoms with van der Waals surface area (Å²) in [6.45, 7) is 7.89. The lowest BCUT2D eigenvalue weighted by atomic mass is 10.2. The number of hydrogen-bond donors (Lipinski definition) is 2. The lowest BCUT2D eigenvalue weighted by molar-refractivity contribution is -0.135. The van der Waals surface area contributed by atoms with E-state index in [4.69, 9.17) is 0 Å². The van der Waals surface area contributed by atoms with Gasteiger partial charge in [0.25, 0.3) is 0 Å². The molecule has 32 heavy (non-hydrogen) atoms. The van der Waals surface area contributed by atoms with Crippen LogP contribution in [-0.4, -0.2) is 88.9 Å². The third kappa shape index (κ3) is 5.80. The summed E-state index contributed by atoms with van der Waals surface area (Å²) in [5, 5.41) is 3.42. The van der Waals surface area contributed by atoms with Gasteiger partial charge in [0.2, 0.25) is 5.91 Å². The van der Waals surface area contributed by atoms with Gasteiger partial charge in [-0.3, -0.25) is 14.7 Å². The van der Waals surface area contributed by atoms with Crippen LogP contribution in [-0.2, 0) is 11.3 Å². The van der Waals surface area contributed by atoms with E-state index >= 15 is 0 Å². The van der Waals surface area contributed by atoms with Crippen molar-refractivity contribution in [2.75, 3.05) is 46.3 Å². The highest BCUT2D eigenvalue weighted by Gasteiger charge is 2.30. The zero-order valence-electron chi connectivity index (χ0n) is 19.0. The number of aromatic nitrogens is 2. The van der Waals surface area contributed by atoms with E-state index in [1.54, 1.807) is 0 Å². The van der Waals surface area contributed by atoms with Crippen LogP contribution in [0.25, 0.3) is 11.3 Å². The van der Waals surface area contributed by atoms with Gasteiger partial charge in [0, 0.05) is 46.3 Å². The maximum Gasteiger partial charge on any atom is 0.239 e. The summed E-state index contributed by atoms with van der Waals surface area (Å²) in [5.74, 6) is 2.03. The number of benzene rings is 1. The molecule has 2 fully saturated rings. The molecule has 174 valence electrons. The molecule has 2 aliphatic heterocycles. The number of H-pyrrole nitrogens is 1. The molecule has 2 aliphatic rings. The van der Waals surface area contributed by atoms with Crippen LogP contribution in [0, 0.1) is 0 Å². The minimum Gasteiger partial charge on any atom is -0.349 e. The molecule has 2 aromatic rings. The molecule has 3 heterocycles. The Morgan fingerprint density at radius 3 is 2.44 bits per heavy atom. The molecule has 1 aromatic carbocycles. The first-order valence-corrected chi connectivity index (χ1v) is 11.2. The van der Waals surface area contributed by atoms with E-state index < -0.39 is 0 Å². The molecule has 0 spiro atoms. The van der Waals surface area contributed by atoms with Crippen molar-refractivity contribution in [2.24, 2.45) is 4.99 Å². The summed E-state index contributed by atoms with van der Waals surface area (Å²) in [6.07, 6.45) is 4.14. The van der Waals surface area contributed by atoms with Crippen molar-refractivity contribution in [3.63, 3.8) is 0 Å². The van der Waals surface area contributed by atoms with Gasteiger partial charge in [0.05, 0.1) is 24.5 Å². The number of hydrogen-bond acceptors (Lipinski definition) is 4. The number of nitrogens with one attached hydrogen (secondary N) is 2. The average molecular weight is 551 g/mol. The number of carbonyl (C=O) groups excluding carboxylic acids is 1. The number of halogens is 1. The van der Waals surface area contributed by atoms with E-state index in [1.165, 1.54) is 0 Å². The number of amides is 1. The monoisotopic (exact) mass is 551 g/mol. The van der Waals surface area contributed by atoms with E-state index in [1.807, 2.05) is 43.3 Å². The molecular formula is C23H34IN7O. The molecule has 1 aromatic heterocycles. The Morgan fingerprint density at radius 2 is 1.78 bits per heavy atom. The summed E-state index contributed by atoms with van der Waals surface area (Å²) in [5.41, 5.74) is 2.14. The number of likely N-dealkylation sites (tertiary alicyclic amines) is 1. The number of aliphatic imine (C=N–C) groups is 1. The number of nitrogens with zero attached hydrogens (tertiary/aromatic N) is 5. The van der Waals surface area contributed by atoms with Gasteiger partial charge in [0.15, 0.2) is 5.96 Å². The largest absolute Gasteiger partial charge is 0.349 e. The number of aromatic amines is 1. The van der Waals surface area contributed by atoms with Crippen molar-refractivity contribution in [3.05, 3.63) is 42.4 Å². The molecule has 4 rings (SSSR count). The smallest absolute Gasteiger partial charge is 0.239 e. The van der Waals surface area contributed by atoms with Gasteiger partial charge in [-0.15, -0.1) is 24.0 Å². The van der Waals surface area contributed by atoms with Crippen molar-refractivity contribution in [1.29, 1.82) is 0 Å². The maximum atomic E-state index is 12.7. The molecule has 0 aliphatic carbocycles. The normalized spacial score (nSPS) is 18.4. The highest BCUT2D eigenvalue weighted by Crippen LogP contribution is 2.16. The van der Waals surface area contributed by atoms with Gasteiger partial charge in [-0.05, 0) is 25.3 Å². The molecule has 0 radical (unpaired) electrons. The molecular weight excluding hydrogens is 517 g/mol. The number of piperazine rings is 1. The summed E-state index contributed by atoms with van der Waals surface area (Å²) in [7, 11) is 1.81. The van der Waals surface area contributed by atoms with Gasteiger partial charge in [-0.25, -0.2) is 4.98 Å². The van der Waals surface area contributed by atoms with Crippen molar-refractivity contribution in [3.8, 4) is 11.3 Å². The van der Waals surface area contributed by atoms with Crippen LogP contribution in [0.1, 0.15) is 25.6 Å². The van der Waals surface area contributed by atoms with Gasteiger partial charge in [-0.1, -0.05) is 30.3 Å². The fourth-order valence-corrected chi connectivity index (χ4v) is 4.39. The van der Waals surface area contributed by atoms with Gasteiger partial charge >= 0.3 is 0 Å². The van der Waals surface area contributed by atoms with Crippen molar-refractivity contribution in [1.82, 2.24) is 30.0 Å². The predicted octanol–water partition coefficient (Wildman–Crippen LogP) is 2.40. The SMILES string of the molecule is CN=C(NCc1ncc(-c2ccccc2)[nH]1)N1CCN(C(C)C(=O)N2CCCC2)CC1.I. The Morgan fingerprint density at radius 1 is 1.09 bits per heavy atom. The van der Waals surface area contributed by atoms with Crippen LogP contribution < -0.4 is 5.32 Å².